The quantitative estimate of drug-likeness (QED) is 0.237. The standard InChI is InChI=1S/C10H18O.C10H20O.C8H13F3O.C8H14O/c1-9(2)7-4-5-10(3,11)8(9)6-7;1-8(2)9-5-4-6-10(3,11)7-9;1-7(12)4-2-3-6(5-7)8(9,10)11;1-8(9)5-6-2-3-7(8)4-6/h7-8,11H,4-6H2,1-3H3;8-9,11H,4-7H2,1-3H3;6,12H,2-5H2,1H3;6-7,9H,2-5H2,1H3. The van der Waals surface area contributed by atoms with Crippen LogP contribution in [0.3, 0.4) is 0 Å². The molecule has 7 heteroatoms. The molecule has 0 radical (unpaired) electrons. The normalized spacial score (nSPS) is 46.3. The molecule has 0 aromatic carbocycles. The van der Waals surface area contributed by atoms with Crippen LogP contribution < -0.4 is 0 Å². The fraction of sp³-hybridized carbons (Fsp3) is 1.00. The van der Waals surface area contributed by atoms with Gasteiger partial charge in [-0.05, 0) is 159 Å². The molecule has 7 aliphatic rings. The van der Waals surface area contributed by atoms with E-state index in [0.29, 0.717) is 30.1 Å². The maximum absolute atomic E-state index is 12.2. The van der Waals surface area contributed by atoms with Gasteiger partial charge in [-0.2, -0.15) is 13.2 Å². The van der Waals surface area contributed by atoms with E-state index in [1.807, 2.05) is 20.8 Å². The molecule has 0 amide bonds. The van der Waals surface area contributed by atoms with Crippen LogP contribution in [0.2, 0.25) is 0 Å². The molecule has 43 heavy (non-hydrogen) atoms. The molecule has 0 aromatic heterocycles. The molecule has 0 saturated heterocycles. The predicted octanol–water partition coefficient (Wildman–Crippen LogP) is 8.82. The molecule has 4 bridgehead atoms. The molecular formula is C36H65F3O4. The Kier molecular flexibility index (Phi) is 11.6. The summed E-state index contributed by atoms with van der Waals surface area (Å²) in [6.45, 7) is 16.6. The Labute approximate surface area is 260 Å². The lowest BCUT2D eigenvalue weighted by atomic mass is 9.44. The average Bonchev–Trinajstić information content (AvgIpc) is 3.42. The van der Waals surface area contributed by atoms with Crippen LogP contribution >= 0.6 is 0 Å². The van der Waals surface area contributed by atoms with Gasteiger partial charge in [0.1, 0.15) is 0 Å². The summed E-state index contributed by atoms with van der Waals surface area (Å²) in [5.41, 5.74) is -1.71. The Morgan fingerprint density at radius 3 is 1.49 bits per heavy atom. The van der Waals surface area contributed by atoms with E-state index in [0.717, 1.165) is 49.4 Å². The zero-order valence-electron chi connectivity index (χ0n) is 28.6. The van der Waals surface area contributed by atoms with Gasteiger partial charge in [-0.1, -0.05) is 34.1 Å². The number of hydrogen-bond donors (Lipinski definition) is 4. The predicted molar refractivity (Wildman–Crippen MR) is 167 cm³/mol. The van der Waals surface area contributed by atoms with Crippen LogP contribution in [0.5, 0.6) is 0 Å². The van der Waals surface area contributed by atoms with Crippen LogP contribution in [-0.4, -0.2) is 49.0 Å². The average molecular weight is 619 g/mol. The van der Waals surface area contributed by atoms with Crippen LogP contribution in [-0.2, 0) is 0 Å². The third-order valence-corrected chi connectivity index (χ3v) is 12.7. The summed E-state index contributed by atoms with van der Waals surface area (Å²) in [7, 11) is 0. The molecule has 0 spiro atoms. The lowest BCUT2D eigenvalue weighted by Crippen LogP contribution is -2.60. The van der Waals surface area contributed by atoms with Gasteiger partial charge >= 0.3 is 6.18 Å². The molecule has 0 aliphatic heterocycles. The first-order valence-corrected chi connectivity index (χ1v) is 17.4. The van der Waals surface area contributed by atoms with E-state index >= 15 is 0 Å². The summed E-state index contributed by atoms with van der Waals surface area (Å²) in [6, 6.07) is 0. The van der Waals surface area contributed by atoms with Crippen LogP contribution in [0, 0.1) is 46.8 Å². The van der Waals surface area contributed by atoms with Crippen LogP contribution in [0.25, 0.3) is 0 Å². The molecule has 7 fully saturated rings. The summed E-state index contributed by atoms with van der Waals surface area (Å²) in [6.07, 6.45) is 9.90. The molecule has 0 heterocycles. The van der Waals surface area contributed by atoms with Gasteiger partial charge in [-0.25, -0.2) is 0 Å². The topological polar surface area (TPSA) is 80.9 Å². The maximum atomic E-state index is 12.2. The second kappa shape index (κ2) is 13.4. The highest BCUT2D eigenvalue weighted by molar-refractivity contribution is 5.08. The molecule has 4 N–H and O–H groups in total. The molecule has 254 valence electrons. The zero-order chi connectivity index (χ0) is 32.6. The second-order valence-electron chi connectivity index (χ2n) is 17.6. The van der Waals surface area contributed by atoms with Crippen molar-refractivity contribution in [2.24, 2.45) is 46.8 Å². The summed E-state index contributed by atoms with van der Waals surface area (Å²) in [5.74, 6) is 3.15. The molecular weight excluding hydrogens is 553 g/mol. The van der Waals surface area contributed by atoms with E-state index in [9.17, 15) is 33.6 Å². The van der Waals surface area contributed by atoms with Gasteiger partial charge in [0.25, 0.3) is 0 Å². The van der Waals surface area contributed by atoms with Crippen molar-refractivity contribution in [2.75, 3.05) is 0 Å². The van der Waals surface area contributed by atoms with Gasteiger partial charge in [0.05, 0.1) is 28.3 Å². The van der Waals surface area contributed by atoms with Crippen molar-refractivity contribution >= 4 is 0 Å². The van der Waals surface area contributed by atoms with Crippen molar-refractivity contribution in [3.63, 3.8) is 0 Å². The van der Waals surface area contributed by atoms with Gasteiger partial charge in [0.15, 0.2) is 0 Å². The van der Waals surface area contributed by atoms with E-state index in [4.69, 9.17) is 0 Å². The minimum absolute atomic E-state index is 0.142. The summed E-state index contributed by atoms with van der Waals surface area (Å²) < 4.78 is 36.5. The van der Waals surface area contributed by atoms with Crippen molar-refractivity contribution in [2.45, 2.75) is 180 Å². The summed E-state index contributed by atoms with van der Waals surface area (Å²) in [4.78, 5) is 0. The molecule has 10 atom stereocenters. The van der Waals surface area contributed by atoms with Crippen molar-refractivity contribution in [3.05, 3.63) is 0 Å². The summed E-state index contributed by atoms with van der Waals surface area (Å²) in [5, 5.41) is 38.9. The van der Waals surface area contributed by atoms with Gasteiger partial charge in [0, 0.05) is 0 Å². The van der Waals surface area contributed by atoms with Gasteiger partial charge in [-0.3, -0.25) is 0 Å². The third-order valence-electron chi connectivity index (χ3n) is 12.7. The minimum Gasteiger partial charge on any atom is -0.390 e. The number of fused-ring (bicyclic) bond motifs is 4. The smallest absolute Gasteiger partial charge is 0.390 e. The highest BCUT2D eigenvalue weighted by Crippen LogP contribution is 2.62. The molecule has 7 aliphatic carbocycles. The Bertz CT molecular complexity index is 878. The molecule has 0 aromatic rings. The maximum Gasteiger partial charge on any atom is 0.391 e. The van der Waals surface area contributed by atoms with Crippen molar-refractivity contribution < 1.29 is 33.6 Å². The van der Waals surface area contributed by atoms with E-state index in [1.54, 1.807) is 0 Å². The second-order valence-corrected chi connectivity index (χ2v) is 17.6. The molecule has 7 rings (SSSR count). The first kappa shape index (κ1) is 37.1. The first-order valence-electron chi connectivity index (χ1n) is 17.4. The Balaban J connectivity index is 0.000000157. The van der Waals surface area contributed by atoms with E-state index in [-0.39, 0.29) is 29.6 Å². The van der Waals surface area contributed by atoms with E-state index < -0.39 is 17.7 Å². The van der Waals surface area contributed by atoms with Crippen molar-refractivity contribution in [3.8, 4) is 0 Å². The van der Waals surface area contributed by atoms with Crippen LogP contribution in [0.15, 0.2) is 0 Å². The fourth-order valence-corrected chi connectivity index (χ4v) is 9.60. The van der Waals surface area contributed by atoms with Gasteiger partial charge < -0.3 is 20.4 Å². The lowest BCUT2D eigenvalue weighted by molar-refractivity contribution is -0.198. The summed E-state index contributed by atoms with van der Waals surface area (Å²) >= 11 is 0. The Morgan fingerprint density at radius 1 is 0.628 bits per heavy atom. The Morgan fingerprint density at radius 2 is 1.21 bits per heavy atom. The number of halogens is 3. The zero-order valence-corrected chi connectivity index (χ0v) is 28.6. The third kappa shape index (κ3) is 9.81. The largest absolute Gasteiger partial charge is 0.391 e. The number of hydrogen-bond acceptors (Lipinski definition) is 4. The highest BCUT2D eigenvalue weighted by Gasteiger charge is 2.58. The number of aliphatic hydroxyl groups is 4. The highest BCUT2D eigenvalue weighted by atomic mass is 19.4. The van der Waals surface area contributed by atoms with Crippen LogP contribution in [0.4, 0.5) is 13.2 Å². The van der Waals surface area contributed by atoms with E-state index in [1.165, 1.54) is 51.9 Å². The van der Waals surface area contributed by atoms with Gasteiger partial charge in [-0.15, -0.1) is 0 Å². The van der Waals surface area contributed by atoms with Crippen molar-refractivity contribution in [1.29, 1.82) is 0 Å². The number of rotatable bonds is 1. The van der Waals surface area contributed by atoms with E-state index in [2.05, 4.69) is 27.7 Å². The first-order chi connectivity index (χ1) is 19.5. The molecule has 4 nitrogen and oxygen atoms in total. The molecule has 10 unspecified atom stereocenters. The van der Waals surface area contributed by atoms with Crippen LogP contribution in [0.1, 0.15) is 152 Å². The lowest BCUT2D eigenvalue weighted by Gasteiger charge is -2.62. The monoisotopic (exact) mass is 618 g/mol. The minimum atomic E-state index is -4.13. The molecule has 7 saturated carbocycles. The number of alkyl halides is 3. The Hall–Kier alpha value is -0.370. The van der Waals surface area contributed by atoms with Gasteiger partial charge in [0.2, 0.25) is 0 Å². The fourth-order valence-electron chi connectivity index (χ4n) is 9.60. The van der Waals surface area contributed by atoms with Crippen molar-refractivity contribution in [1.82, 2.24) is 0 Å². The SMILES string of the molecule is CC(C)C1CCCC(C)(O)C1.CC1(O)CC2CCC1C2.CC1(O)CCC2CC1C2(C)C.CC1(O)CCCC(C(F)(F)F)C1.